The third-order valence-corrected chi connectivity index (χ3v) is 4.85. The molecule has 2 N–H and O–H groups in total. The topological polar surface area (TPSA) is 128 Å². The van der Waals surface area contributed by atoms with E-state index in [1.165, 1.54) is 17.7 Å². The molecule has 0 saturated carbocycles. The molecule has 1 aliphatic rings. The summed E-state index contributed by atoms with van der Waals surface area (Å²) in [6.45, 7) is -0.735. The fourth-order valence-electron chi connectivity index (χ4n) is 3.38. The van der Waals surface area contributed by atoms with E-state index < -0.39 is 42.5 Å². The Morgan fingerprint density at radius 1 is 1.26 bits per heavy atom. The average molecular weight is 434 g/mol. The van der Waals surface area contributed by atoms with Gasteiger partial charge < -0.3 is 15.5 Å². The standard InChI is InChI=1S/C19H17F3N6O3/c20-19(21,22)18(31)26-10-16(29)28-5-1-2-15(28)17(30)27-14(6-23)13-9-25-8-11-7-24-4-3-12(11)13/h3-4,7-9,14-15H,1-2,5,10H2,(H,26,31)(H,27,30). The number of likely N-dealkylation sites (tertiary alicyclic amines) is 1. The molecule has 12 heteroatoms. The van der Waals surface area contributed by atoms with Crippen molar-refractivity contribution in [3.63, 3.8) is 0 Å². The number of hydrogen-bond donors (Lipinski definition) is 2. The third-order valence-electron chi connectivity index (χ3n) is 4.85. The second-order valence-electron chi connectivity index (χ2n) is 6.82. The van der Waals surface area contributed by atoms with Gasteiger partial charge in [0, 0.05) is 42.3 Å². The van der Waals surface area contributed by atoms with Gasteiger partial charge in [0.2, 0.25) is 11.8 Å². The van der Waals surface area contributed by atoms with Gasteiger partial charge in [-0.15, -0.1) is 0 Å². The van der Waals surface area contributed by atoms with E-state index in [1.54, 1.807) is 18.5 Å². The number of carbonyl (C=O) groups is 3. The van der Waals surface area contributed by atoms with Crippen LogP contribution in [0.2, 0.25) is 0 Å². The molecule has 2 atom stereocenters. The molecule has 3 rings (SSSR count). The number of nitriles is 1. The normalized spacial score (nSPS) is 17.1. The molecule has 1 saturated heterocycles. The molecule has 162 valence electrons. The van der Waals surface area contributed by atoms with Crippen molar-refractivity contribution in [2.45, 2.75) is 31.1 Å². The minimum Gasteiger partial charge on any atom is -0.339 e. The Balaban J connectivity index is 1.70. The summed E-state index contributed by atoms with van der Waals surface area (Å²) in [7, 11) is 0. The first kappa shape index (κ1) is 21.9. The van der Waals surface area contributed by atoms with E-state index in [2.05, 4.69) is 15.3 Å². The summed E-state index contributed by atoms with van der Waals surface area (Å²) < 4.78 is 36.9. The zero-order chi connectivity index (χ0) is 22.6. The number of amides is 3. The number of nitrogens with zero attached hydrogens (tertiary/aromatic N) is 4. The van der Waals surface area contributed by atoms with Crippen LogP contribution in [0.25, 0.3) is 10.8 Å². The predicted molar refractivity (Wildman–Crippen MR) is 99.8 cm³/mol. The highest BCUT2D eigenvalue weighted by Crippen LogP contribution is 2.24. The molecule has 2 aromatic heterocycles. The van der Waals surface area contributed by atoms with Crippen LogP contribution in [0.3, 0.4) is 0 Å². The average Bonchev–Trinajstić information content (AvgIpc) is 3.24. The predicted octanol–water partition coefficient (Wildman–Crippen LogP) is 0.980. The van der Waals surface area contributed by atoms with Crippen molar-refractivity contribution < 1.29 is 27.6 Å². The van der Waals surface area contributed by atoms with E-state index in [1.807, 2.05) is 6.07 Å². The highest BCUT2D eigenvalue weighted by atomic mass is 19.4. The number of alkyl halides is 3. The second-order valence-corrected chi connectivity index (χ2v) is 6.82. The van der Waals surface area contributed by atoms with E-state index in [-0.39, 0.29) is 13.0 Å². The molecule has 3 amide bonds. The summed E-state index contributed by atoms with van der Waals surface area (Å²) in [5.41, 5.74) is 0.448. The Morgan fingerprint density at radius 2 is 2.00 bits per heavy atom. The van der Waals surface area contributed by atoms with Gasteiger partial charge in [-0.1, -0.05) is 0 Å². The Labute approximate surface area is 174 Å². The summed E-state index contributed by atoms with van der Waals surface area (Å²) in [4.78, 5) is 45.1. The maximum atomic E-state index is 12.8. The van der Waals surface area contributed by atoms with Gasteiger partial charge in [-0.3, -0.25) is 24.4 Å². The maximum absolute atomic E-state index is 12.8. The van der Waals surface area contributed by atoms with Gasteiger partial charge in [-0.2, -0.15) is 18.4 Å². The van der Waals surface area contributed by atoms with Gasteiger partial charge >= 0.3 is 12.1 Å². The SMILES string of the molecule is N#CC(NC(=O)C1CCCN1C(=O)CNC(=O)C(F)(F)F)c1cncc2cnccc12. The van der Waals surface area contributed by atoms with Crippen molar-refractivity contribution in [1.29, 1.82) is 5.26 Å². The van der Waals surface area contributed by atoms with E-state index in [4.69, 9.17) is 0 Å². The first-order valence-electron chi connectivity index (χ1n) is 9.24. The van der Waals surface area contributed by atoms with E-state index in [0.717, 1.165) is 4.90 Å². The zero-order valence-electron chi connectivity index (χ0n) is 16.0. The van der Waals surface area contributed by atoms with Crippen LogP contribution in [0.1, 0.15) is 24.4 Å². The summed E-state index contributed by atoms with van der Waals surface area (Å²) in [5, 5.41) is 15.0. The highest BCUT2D eigenvalue weighted by molar-refractivity contribution is 5.92. The molecule has 0 bridgehead atoms. The fraction of sp³-hybridized carbons (Fsp3) is 0.368. The van der Waals surface area contributed by atoms with Crippen molar-refractivity contribution in [2.75, 3.05) is 13.1 Å². The van der Waals surface area contributed by atoms with Crippen LogP contribution in [0.5, 0.6) is 0 Å². The lowest BCUT2D eigenvalue weighted by Crippen LogP contribution is -2.50. The monoisotopic (exact) mass is 434 g/mol. The number of fused-ring (bicyclic) bond motifs is 1. The van der Waals surface area contributed by atoms with Crippen molar-refractivity contribution >= 4 is 28.5 Å². The molecule has 0 aromatic carbocycles. The quantitative estimate of drug-likeness (QED) is 0.722. The molecule has 1 fully saturated rings. The van der Waals surface area contributed by atoms with E-state index in [9.17, 15) is 32.8 Å². The minimum absolute atomic E-state index is 0.150. The van der Waals surface area contributed by atoms with Crippen LogP contribution >= 0.6 is 0 Å². The maximum Gasteiger partial charge on any atom is 0.471 e. The van der Waals surface area contributed by atoms with Crippen LogP contribution in [0.4, 0.5) is 13.2 Å². The third kappa shape index (κ3) is 4.88. The molecule has 3 heterocycles. The Bertz CT molecular complexity index is 1050. The molecule has 0 radical (unpaired) electrons. The molecule has 1 aliphatic heterocycles. The number of rotatable bonds is 5. The van der Waals surface area contributed by atoms with Gasteiger partial charge in [0.15, 0.2) is 0 Å². The largest absolute Gasteiger partial charge is 0.471 e. The van der Waals surface area contributed by atoms with Crippen molar-refractivity contribution in [2.24, 2.45) is 0 Å². The lowest BCUT2D eigenvalue weighted by Gasteiger charge is -2.25. The van der Waals surface area contributed by atoms with Gasteiger partial charge in [-0.05, 0) is 24.3 Å². The molecule has 2 aromatic rings. The van der Waals surface area contributed by atoms with Crippen LogP contribution in [0.15, 0.2) is 30.9 Å². The second kappa shape index (κ2) is 8.95. The molecular formula is C19H17F3N6O3. The van der Waals surface area contributed by atoms with Crippen molar-refractivity contribution in [3.05, 3.63) is 36.4 Å². The highest BCUT2D eigenvalue weighted by Gasteiger charge is 2.40. The number of hydrogen-bond acceptors (Lipinski definition) is 6. The smallest absolute Gasteiger partial charge is 0.339 e. The molecule has 9 nitrogen and oxygen atoms in total. The number of nitrogens with one attached hydrogen (secondary N) is 2. The number of halogens is 3. The van der Waals surface area contributed by atoms with Gasteiger partial charge in [0.1, 0.15) is 12.1 Å². The molecular weight excluding hydrogens is 417 g/mol. The van der Waals surface area contributed by atoms with E-state index >= 15 is 0 Å². The molecule has 2 unspecified atom stereocenters. The molecule has 0 spiro atoms. The van der Waals surface area contributed by atoms with Crippen LogP contribution in [-0.4, -0.2) is 57.9 Å². The van der Waals surface area contributed by atoms with E-state index in [0.29, 0.717) is 22.8 Å². The van der Waals surface area contributed by atoms with Crippen molar-refractivity contribution in [1.82, 2.24) is 25.5 Å². The summed E-state index contributed by atoms with van der Waals surface area (Å²) in [6.07, 6.45) is 1.74. The fourth-order valence-corrected chi connectivity index (χ4v) is 3.38. The Morgan fingerprint density at radius 3 is 2.71 bits per heavy atom. The number of pyridine rings is 2. The Hall–Kier alpha value is -3.75. The van der Waals surface area contributed by atoms with Crippen LogP contribution in [-0.2, 0) is 14.4 Å². The first-order chi connectivity index (χ1) is 14.7. The first-order valence-corrected chi connectivity index (χ1v) is 9.24. The number of carbonyl (C=O) groups excluding carboxylic acids is 3. The molecule has 31 heavy (non-hydrogen) atoms. The van der Waals surface area contributed by atoms with Crippen molar-refractivity contribution in [3.8, 4) is 6.07 Å². The van der Waals surface area contributed by atoms with Gasteiger partial charge in [-0.25, -0.2) is 0 Å². The summed E-state index contributed by atoms with van der Waals surface area (Å²) in [6, 6.07) is 1.64. The van der Waals surface area contributed by atoms with Crippen LogP contribution in [0, 0.1) is 11.3 Å². The van der Waals surface area contributed by atoms with Gasteiger partial charge in [0.05, 0.1) is 12.6 Å². The van der Waals surface area contributed by atoms with Gasteiger partial charge in [0.25, 0.3) is 0 Å². The summed E-state index contributed by atoms with van der Waals surface area (Å²) in [5.74, 6) is -3.67. The Kier molecular flexibility index (Phi) is 6.33. The zero-order valence-corrected chi connectivity index (χ0v) is 16.0. The number of aromatic nitrogens is 2. The van der Waals surface area contributed by atoms with Crippen LogP contribution < -0.4 is 10.6 Å². The minimum atomic E-state index is -5.11. The summed E-state index contributed by atoms with van der Waals surface area (Å²) >= 11 is 0. The lowest BCUT2D eigenvalue weighted by atomic mass is 10.0. The molecule has 0 aliphatic carbocycles. The lowest BCUT2D eigenvalue weighted by molar-refractivity contribution is -0.174.